The van der Waals surface area contributed by atoms with Crippen LogP contribution in [0.2, 0.25) is 0 Å². The van der Waals surface area contributed by atoms with Gasteiger partial charge in [0.1, 0.15) is 0 Å². The summed E-state index contributed by atoms with van der Waals surface area (Å²) in [6.45, 7) is 3.68. The summed E-state index contributed by atoms with van der Waals surface area (Å²) in [5.74, 6) is 0.699. The summed E-state index contributed by atoms with van der Waals surface area (Å²) < 4.78 is 0. The highest BCUT2D eigenvalue weighted by Crippen LogP contribution is 2.37. The first-order chi connectivity index (χ1) is 9.14. The van der Waals surface area contributed by atoms with Crippen molar-refractivity contribution in [3.05, 3.63) is 0 Å². The molecule has 3 N–H and O–H groups in total. The first kappa shape index (κ1) is 15.3. The third-order valence-electron chi connectivity index (χ3n) is 5.48. The molecule has 0 bridgehead atoms. The van der Waals surface area contributed by atoms with Gasteiger partial charge in [0.2, 0.25) is 0 Å². The summed E-state index contributed by atoms with van der Waals surface area (Å²) in [7, 11) is 0. The molecule has 0 aliphatic heterocycles. The maximum atomic E-state index is 9.82. The molecule has 2 rings (SSSR count). The Bertz CT molecular complexity index is 276. The normalized spacial score (nSPS) is 35.2. The van der Waals surface area contributed by atoms with Crippen molar-refractivity contribution < 1.29 is 10.2 Å². The molecule has 0 aromatic heterocycles. The molecule has 0 amide bonds. The molecule has 2 fully saturated rings. The van der Waals surface area contributed by atoms with Gasteiger partial charge in [0, 0.05) is 24.1 Å². The van der Waals surface area contributed by atoms with Gasteiger partial charge in [-0.25, -0.2) is 0 Å². The van der Waals surface area contributed by atoms with E-state index in [0.717, 1.165) is 32.2 Å². The summed E-state index contributed by atoms with van der Waals surface area (Å²) in [5.41, 5.74) is -0.0155. The molecule has 2 saturated carbocycles. The molecule has 2 aliphatic rings. The van der Waals surface area contributed by atoms with E-state index in [2.05, 4.69) is 12.2 Å². The van der Waals surface area contributed by atoms with Crippen LogP contribution in [-0.2, 0) is 0 Å². The summed E-state index contributed by atoms with van der Waals surface area (Å²) in [6, 6.07) is 0. The van der Waals surface area contributed by atoms with Gasteiger partial charge in [-0.3, -0.25) is 0 Å². The minimum atomic E-state index is -0.0860. The lowest BCUT2D eigenvalue weighted by molar-refractivity contribution is 0.0442. The van der Waals surface area contributed by atoms with Crippen LogP contribution in [0.3, 0.4) is 0 Å². The van der Waals surface area contributed by atoms with Crippen LogP contribution in [0, 0.1) is 11.3 Å². The van der Waals surface area contributed by atoms with Crippen molar-refractivity contribution in [3.8, 4) is 0 Å². The Morgan fingerprint density at radius 1 is 1.00 bits per heavy atom. The standard InChI is InChI=1S/C16H31NO2/c1-14-6-5-9-16(10-14,13-19)17-11-15(12-18)7-3-2-4-8-15/h14,17-19H,2-13H2,1H3. The zero-order valence-electron chi connectivity index (χ0n) is 12.5. The van der Waals surface area contributed by atoms with Crippen LogP contribution in [0.4, 0.5) is 0 Å². The molecule has 0 aromatic rings. The second-order valence-electron chi connectivity index (χ2n) is 7.21. The second kappa shape index (κ2) is 6.55. The van der Waals surface area contributed by atoms with Gasteiger partial charge < -0.3 is 15.5 Å². The number of aliphatic hydroxyl groups is 2. The lowest BCUT2D eigenvalue weighted by atomic mass is 9.72. The van der Waals surface area contributed by atoms with Gasteiger partial charge in [0.15, 0.2) is 0 Å². The molecule has 0 aromatic carbocycles. The van der Waals surface area contributed by atoms with E-state index in [0.29, 0.717) is 5.92 Å². The van der Waals surface area contributed by atoms with Crippen LogP contribution < -0.4 is 5.32 Å². The summed E-state index contributed by atoms with van der Waals surface area (Å²) >= 11 is 0. The zero-order valence-corrected chi connectivity index (χ0v) is 12.5. The summed E-state index contributed by atoms with van der Waals surface area (Å²) in [5, 5.41) is 23.3. The predicted octanol–water partition coefficient (Wildman–Crippen LogP) is 2.46. The van der Waals surface area contributed by atoms with Gasteiger partial charge in [0.25, 0.3) is 0 Å². The fourth-order valence-electron chi connectivity index (χ4n) is 4.09. The molecular weight excluding hydrogens is 238 g/mol. The van der Waals surface area contributed by atoms with Crippen LogP contribution in [-0.4, -0.2) is 35.5 Å². The Morgan fingerprint density at radius 2 is 1.74 bits per heavy atom. The molecule has 3 nitrogen and oxygen atoms in total. The number of rotatable bonds is 5. The highest BCUT2D eigenvalue weighted by Gasteiger charge is 2.38. The number of hydrogen-bond acceptors (Lipinski definition) is 3. The van der Waals surface area contributed by atoms with Gasteiger partial charge in [-0.2, -0.15) is 0 Å². The highest BCUT2D eigenvalue weighted by atomic mass is 16.3. The smallest absolute Gasteiger partial charge is 0.0613 e. The SMILES string of the molecule is CC1CCCC(CO)(NCC2(CO)CCCCC2)C1. The average Bonchev–Trinajstić information content (AvgIpc) is 2.46. The van der Waals surface area contributed by atoms with Gasteiger partial charge in [-0.05, 0) is 31.6 Å². The van der Waals surface area contributed by atoms with Gasteiger partial charge in [-0.15, -0.1) is 0 Å². The second-order valence-corrected chi connectivity index (χ2v) is 7.21. The van der Waals surface area contributed by atoms with Crippen molar-refractivity contribution in [2.75, 3.05) is 19.8 Å². The third-order valence-corrected chi connectivity index (χ3v) is 5.48. The number of nitrogens with one attached hydrogen (secondary N) is 1. The molecule has 0 radical (unpaired) electrons. The van der Waals surface area contributed by atoms with E-state index >= 15 is 0 Å². The lowest BCUT2D eigenvalue weighted by Crippen LogP contribution is -2.55. The molecule has 0 heterocycles. The molecule has 3 heteroatoms. The van der Waals surface area contributed by atoms with E-state index < -0.39 is 0 Å². The van der Waals surface area contributed by atoms with E-state index in [1.165, 1.54) is 32.1 Å². The first-order valence-electron chi connectivity index (χ1n) is 8.10. The van der Waals surface area contributed by atoms with Crippen LogP contribution in [0.1, 0.15) is 64.7 Å². The third kappa shape index (κ3) is 3.71. The topological polar surface area (TPSA) is 52.5 Å². The number of aliphatic hydroxyl groups excluding tert-OH is 2. The Balaban J connectivity index is 1.94. The summed E-state index contributed by atoms with van der Waals surface area (Å²) in [4.78, 5) is 0. The molecule has 2 unspecified atom stereocenters. The maximum absolute atomic E-state index is 9.82. The van der Waals surface area contributed by atoms with E-state index in [9.17, 15) is 10.2 Å². The summed E-state index contributed by atoms with van der Waals surface area (Å²) in [6.07, 6.45) is 10.7. The molecule has 2 aliphatic carbocycles. The Kier molecular flexibility index (Phi) is 5.27. The molecule has 0 spiro atoms. The highest BCUT2D eigenvalue weighted by molar-refractivity contribution is 4.95. The van der Waals surface area contributed by atoms with Crippen molar-refractivity contribution in [3.63, 3.8) is 0 Å². The first-order valence-corrected chi connectivity index (χ1v) is 8.10. The van der Waals surface area contributed by atoms with E-state index in [1.54, 1.807) is 0 Å². The molecular formula is C16H31NO2. The van der Waals surface area contributed by atoms with Crippen molar-refractivity contribution in [1.82, 2.24) is 5.32 Å². The van der Waals surface area contributed by atoms with Crippen LogP contribution in [0.25, 0.3) is 0 Å². The predicted molar refractivity (Wildman–Crippen MR) is 78.1 cm³/mol. The zero-order chi connectivity index (χ0) is 13.8. The van der Waals surface area contributed by atoms with E-state index in [-0.39, 0.29) is 24.2 Å². The fraction of sp³-hybridized carbons (Fsp3) is 1.00. The minimum absolute atomic E-state index is 0.0705. The molecule has 112 valence electrons. The van der Waals surface area contributed by atoms with Crippen molar-refractivity contribution >= 4 is 0 Å². The largest absolute Gasteiger partial charge is 0.396 e. The van der Waals surface area contributed by atoms with Crippen LogP contribution in [0.5, 0.6) is 0 Å². The molecule has 19 heavy (non-hydrogen) atoms. The van der Waals surface area contributed by atoms with Gasteiger partial charge in [0.05, 0.1) is 6.61 Å². The average molecular weight is 269 g/mol. The lowest BCUT2D eigenvalue weighted by Gasteiger charge is -2.44. The fourth-order valence-corrected chi connectivity index (χ4v) is 4.09. The quantitative estimate of drug-likeness (QED) is 0.718. The van der Waals surface area contributed by atoms with Crippen molar-refractivity contribution in [2.24, 2.45) is 11.3 Å². The Hall–Kier alpha value is -0.120. The maximum Gasteiger partial charge on any atom is 0.0613 e. The van der Waals surface area contributed by atoms with Gasteiger partial charge >= 0.3 is 0 Å². The van der Waals surface area contributed by atoms with Crippen LogP contribution in [0.15, 0.2) is 0 Å². The van der Waals surface area contributed by atoms with E-state index in [1.807, 2.05) is 0 Å². The Morgan fingerprint density at radius 3 is 2.32 bits per heavy atom. The minimum Gasteiger partial charge on any atom is -0.396 e. The van der Waals surface area contributed by atoms with Crippen LogP contribution >= 0.6 is 0 Å². The number of hydrogen-bond donors (Lipinski definition) is 3. The monoisotopic (exact) mass is 269 g/mol. The Labute approximate surface area is 117 Å². The van der Waals surface area contributed by atoms with Crippen molar-refractivity contribution in [2.45, 2.75) is 70.3 Å². The molecule has 2 atom stereocenters. The van der Waals surface area contributed by atoms with Gasteiger partial charge in [-0.1, -0.05) is 39.0 Å². The van der Waals surface area contributed by atoms with Crippen molar-refractivity contribution in [1.29, 1.82) is 0 Å². The molecule has 0 saturated heterocycles. The van der Waals surface area contributed by atoms with E-state index in [4.69, 9.17) is 0 Å².